The van der Waals surface area contributed by atoms with Crippen LogP contribution in [0.2, 0.25) is 0 Å². The third-order valence-corrected chi connectivity index (χ3v) is 3.58. The molecule has 7 heteroatoms. The normalized spacial score (nSPS) is 11.3. The molecule has 0 unspecified atom stereocenters. The first kappa shape index (κ1) is 19.0. The molecule has 0 saturated heterocycles. The standard InChI is InChI=1S/C19H20N2O5/c1-12(22)26-16-8-4-6-14(11-16)19(24)21-17(18(20)23)10-13-5-3-7-15(9-13)25-2/h3-9,11,17H,10H2,1-2H3,(H2,20,23)(H,21,24)/t17-/m1/s1. The number of nitrogens with two attached hydrogens (primary N) is 1. The fourth-order valence-corrected chi connectivity index (χ4v) is 2.37. The zero-order chi connectivity index (χ0) is 19.1. The summed E-state index contributed by atoms with van der Waals surface area (Å²) in [7, 11) is 1.54. The number of rotatable bonds is 7. The van der Waals surface area contributed by atoms with Gasteiger partial charge in [-0.25, -0.2) is 0 Å². The van der Waals surface area contributed by atoms with E-state index in [4.69, 9.17) is 15.2 Å². The number of hydrogen-bond acceptors (Lipinski definition) is 5. The molecular weight excluding hydrogens is 336 g/mol. The van der Waals surface area contributed by atoms with Crippen LogP contribution in [0.5, 0.6) is 11.5 Å². The first-order valence-electron chi connectivity index (χ1n) is 7.90. The van der Waals surface area contributed by atoms with Crippen LogP contribution in [0.4, 0.5) is 0 Å². The fraction of sp³-hybridized carbons (Fsp3) is 0.211. The van der Waals surface area contributed by atoms with Crippen molar-refractivity contribution in [1.82, 2.24) is 5.32 Å². The third-order valence-electron chi connectivity index (χ3n) is 3.58. The van der Waals surface area contributed by atoms with Crippen LogP contribution in [-0.4, -0.2) is 30.9 Å². The minimum atomic E-state index is -0.896. The van der Waals surface area contributed by atoms with E-state index in [2.05, 4.69) is 5.32 Å². The average molecular weight is 356 g/mol. The minimum absolute atomic E-state index is 0.224. The molecule has 0 saturated carbocycles. The van der Waals surface area contributed by atoms with Gasteiger partial charge in [-0.05, 0) is 35.9 Å². The topological polar surface area (TPSA) is 108 Å². The molecule has 2 rings (SSSR count). The van der Waals surface area contributed by atoms with Crippen LogP contribution < -0.4 is 20.5 Å². The molecule has 0 radical (unpaired) electrons. The van der Waals surface area contributed by atoms with Crippen LogP contribution in [0.1, 0.15) is 22.8 Å². The molecule has 0 aliphatic heterocycles. The molecule has 0 aliphatic carbocycles. The Bertz CT molecular complexity index is 819. The van der Waals surface area contributed by atoms with Crippen molar-refractivity contribution in [3.05, 3.63) is 59.7 Å². The van der Waals surface area contributed by atoms with E-state index < -0.39 is 23.8 Å². The maximum Gasteiger partial charge on any atom is 0.308 e. The molecule has 26 heavy (non-hydrogen) atoms. The lowest BCUT2D eigenvalue weighted by Gasteiger charge is -2.16. The number of benzene rings is 2. The Labute approximate surface area is 151 Å². The predicted molar refractivity (Wildman–Crippen MR) is 94.9 cm³/mol. The molecule has 0 aromatic heterocycles. The van der Waals surface area contributed by atoms with Gasteiger partial charge in [-0.1, -0.05) is 18.2 Å². The van der Waals surface area contributed by atoms with E-state index in [9.17, 15) is 14.4 Å². The maximum absolute atomic E-state index is 12.4. The van der Waals surface area contributed by atoms with Crippen molar-refractivity contribution in [1.29, 1.82) is 0 Å². The van der Waals surface area contributed by atoms with Gasteiger partial charge in [0.05, 0.1) is 7.11 Å². The number of methoxy groups -OCH3 is 1. The third kappa shape index (κ3) is 5.34. The predicted octanol–water partition coefficient (Wildman–Crippen LogP) is 1.45. The van der Waals surface area contributed by atoms with E-state index in [1.54, 1.807) is 43.5 Å². The molecule has 0 fully saturated rings. The van der Waals surface area contributed by atoms with Gasteiger partial charge in [0, 0.05) is 18.9 Å². The van der Waals surface area contributed by atoms with E-state index in [0.29, 0.717) is 5.75 Å². The lowest BCUT2D eigenvalue weighted by Crippen LogP contribution is -2.45. The second kappa shape index (κ2) is 8.66. The van der Waals surface area contributed by atoms with Gasteiger partial charge in [0.15, 0.2) is 0 Å². The summed E-state index contributed by atoms with van der Waals surface area (Å²) >= 11 is 0. The van der Waals surface area contributed by atoms with Gasteiger partial charge in [0.2, 0.25) is 5.91 Å². The SMILES string of the molecule is COc1cccc(C[C@@H](NC(=O)c2cccc(OC(C)=O)c2)C(N)=O)c1. The second-order valence-electron chi connectivity index (χ2n) is 5.61. The quantitative estimate of drug-likeness (QED) is 0.577. The highest BCUT2D eigenvalue weighted by atomic mass is 16.5. The maximum atomic E-state index is 12.4. The van der Waals surface area contributed by atoms with E-state index >= 15 is 0 Å². The molecular formula is C19H20N2O5. The largest absolute Gasteiger partial charge is 0.497 e. The zero-order valence-corrected chi connectivity index (χ0v) is 14.5. The molecule has 0 spiro atoms. The highest BCUT2D eigenvalue weighted by Gasteiger charge is 2.20. The van der Waals surface area contributed by atoms with E-state index in [1.807, 2.05) is 6.07 Å². The summed E-state index contributed by atoms with van der Waals surface area (Å²) in [5.74, 6) is -0.752. The molecule has 0 bridgehead atoms. The highest BCUT2D eigenvalue weighted by molar-refractivity contribution is 5.97. The summed E-state index contributed by atoms with van der Waals surface area (Å²) < 4.78 is 10.1. The van der Waals surface area contributed by atoms with Crippen molar-refractivity contribution >= 4 is 17.8 Å². The number of nitrogens with one attached hydrogen (secondary N) is 1. The Balaban J connectivity index is 2.12. The van der Waals surface area contributed by atoms with Gasteiger partial charge in [-0.3, -0.25) is 14.4 Å². The summed E-state index contributed by atoms with van der Waals surface area (Å²) in [4.78, 5) is 35.2. The number of carbonyl (C=O) groups excluding carboxylic acids is 3. The lowest BCUT2D eigenvalue weighted by molar-refractivity contribution is -0.131. The molecule has 0 aliphatic rings. The molecule has 3 N–H and O–H groups in total. The Hall–Kier alpha value is -3.35. The zero-order valence-electron chi connectivity index (χ0n) is 14.5. The van der Waals surface area contributed by atoms with Crippen molar-refractivity contribution in [2.24, 2.45) is 5.73 Å². The van der Waals surface area contributed by atoms with E-state index in [-0.39, 0.29) is 17.7 Å². The van der Waals surface area contributed by atoms with Crippen LogP contribution in [0, 0.1) is 0 Å². The molecule has 7 nitrogen and oxygen atoms in total. The van der Waals surface area contributed by atoms with Crippen LogP contribution in [0.15, 0.2) is 48.5 Å². The smallest absolute Gasteiger partial charge is 0.308 e. The number of hydrogen-bond donors (Lipinski definition) is 2. The molecule has 136 valence electrons. The van der Waals surface area contributed by atoms with Crippen molar-refractivity contribution in [3.63, 3.8) is 0 Å². The second-order valence-corrected chi connectivity index (χ2v) is 5.61. The van der Waals surface area contributed by atoms with Crippen LogP contribution in [0.3, 0.4) is 0 Å². The first-order chi connectivity index (χ1) is 12.4. The Morgan fingerprint density at radius 2 is 1.77 bits per heavy atom. The minimum Gasteiger partial charge on any atom is -0.497 e. The molecule has 0 heterocycles. The number of carbonyl (C=O) groups is 3. The van der Waals surface area contributed by atoms with Crippen LogP contribution in [0.25, 0.3) is 0 Å². The van der Waals surface area contributed by atoms with Crippen molar-refractivity contribution in [2.75, 3.05) is 7.11 Å². The number of esters is 1. The summed E-state index contributed by atoms with van der Waals surface area (Å²) in [5.41, 5.74) is 6.47. The van der Waals surface area contributed by atoms with Gasteiger partial charge >= 0.3 is 5.97 Å². The van der Waals surface area contributed by atoms with Gasteiger partial charge in [-0.15, -0.1) is 0 Å². The summed E-state index contributed by atoms with van der Waals surface area (Å²) in [6.07, 6.45) is 0.224. The number of primary amides is 1. The van der Waals surface area contributed by atoms with Gasteiger partial charge in [-0.2, -0.15) is 0 Å². The van der Waals surface area contributed by atoms with Crippen molar-refractivity contribution in [2.45, 2.75) is 19.4 Å². The Kier molecular flexibility index (Phi) is 6.32. The molecule has 2 amide bonds. The first-order valence-corrected chi connectivity index (χ1v) is 7.90. The Morgan fingerprint density at radius 1 is 1.08 bits per heavy atom. The van der Waals surface area contributed by atoms with Crippen LogP contribution in [-0.2, 0) is 16.0 Å². The van der Waals surface area contributed by atoms with Crippen molar-refractivity contribution in [3.8, 4) is 11.5 Å². The molecule has 1 atom stereocenters. The average Bonchev–Trinajstić information content (AvgIpc) is 2.60. The van der Waals surface area contributed by atoms with Crippen LogP contribution >= 0.6 is 0 Å². The van der Waals surface area contributed by atoms with Gasteiger partial charge in [0.25, 0.3) is 5.91 Å². The van der Waals surface area contributed by atoms with Crippen molar-refractivity contribution < 1.29 is 23.9 Å². The monoisotopic (exact) mass is 356 g/mol. The number of ether oxygens (including phenoxy) is 2. The van der Waals surface area contributed by atoms with E-state index in [0.717, 1.165) is 5.56 Å². The number of amides is 2. The van der Waals surface area contributed by atoms with Gasteiger partial charge in [0.1, 0.15) is 17.5 Å². The summed E-state index contributed by atoms with van der Waals surface area (Å²) in [6, 6.07) is 12.3. The lowest BCUT2D eigenvalue weighted by atomic mass is 10.0. The highest BCUT2D eigenvalue weighted by Crippen LogP contribution is 2.16. The fourth-order valence-electron chi connectivity index (χ4n) is 2.37. The van der Waals surface area contributed by atoms with E-state index in [1.165, 1.54) is 13.0 Å². The molecule has 2 aromatic rings. The summed E-state index contributed by atoms with van der Waals surface area (Å²) in [5, 5.41) is 2.60. The van der Waals surface area contributed by atoms with Gasteiger partial charge < -0.3 is 20.5 Å². The Morgan fingerprint density at radius 3 is 2.42 bits per heavy atom. The summed E-state index contributed by atoms with van der Waals surface area (Å²) in [6.45, 7) is 1.27. The molecule has 2 aromatic carbocycles.